The normalized spacial score (nSPS) is 11.1. The Morgan fingerprint density at radius 1 is 1.18 bits per heavy atom. The maximum atomic E-state index is 12.6. The molecule has 0 aliphatic rings. The van der Waals surface area contributed by atoms with Crippen LogP contribution in [0.3, 0.4) is 0 Å². The second-order valence-corrected chi connectivity index (χ2v) is 6.24. The number of aromatic nitrogens is 2. The number of benzene rings is 1. The molecule has 1 aromatic carbocycles. The fourth-order valence-corrected chi connectivity index (χ4v) is 2.64. The van der Waals surface area contributed by atoms with Crippen molar-refractivity contribution in [1.82, 2.24) is 9.36 Å². The van der Waals surface area contributed by atoms with E-state index in [1.807, 2.05) is 18.2 Å². The van der Waals surface area contributed by atoms with Gasteiger partial charge in [0, 0.05) is 43.7 Å². The summed E-state index contributed by atoms with van der Waals surface area (Å²) in [5.41, 5.74) is 1.10. The molecule has 2 aromatic rings. The Balaban J connectivity index is 0.00000242. The minimum atomic E-state index is -3.70. The summed E-state index contributed by atoms with van der Waals surface area (Å²) in [4.78, 5) is 12.6. The van der Waals surface area contributed by atoms with Crippen LogP contribution in [-0.4, -0.2) is 60.6 Å². The van der Waals surface area contributed by atoms with Gasteiger partial charge < -0.3 is 0 Å². The molecule has 0 bridgehead atoms. The fraction of sp³-hybridized carbons (Fsp3) is 0.308. The summed E-state index contributed by atoms with van der Waals surface area (Å²) < 4.78 is 30.3. The quantitative estimate of drug-likeness (QED) is 0.599. The zero-order valence-corrected chi connectivity index (χ0v) is 16.1. The molecular formula is C13H17N3NaO4S. The van der Waals surface area contributed by atoms with E-state index in [0.717, 1.165) is 11.3 Å². The van der Waals surface area contributed by atoms with Gasteiger partial charge >= 0.3 is 0 Å². The van der Waals surface area contributed by atoms with Crippen molar-refractivity contribution < 1.29 is 12.7 Å². The average Bonchev–Trinajstić information content (AvgIpc) is 2.59. The monoisotopic (exact) mass is 334 g/mol. The molecule has 115 valence electrons. The summed E-state index contributed by atoms with van der Waals surface area (Å²) in [5.74, 6) is 0. The Morgan fingerprint density at radius 3 is 2.23 bits per heavy atom. The Bertz CT molecular complexity index is 812. The molecule has 1 heterocycles. The molecule has 0 spiro atoms. The van der Waals surface area contributed by atoms with E-state index in [0.29, 0.717) is 11.4 Å². The predicted molar refractivity (Wildman–Crippen MR) is 85.8 cm³/mol. The first kappa shape index (κ1) is 19.0. The van der Waals surface area contributed by atoms with Gasteiger partial charge in [0.2, 0.25) is 0 Å². The van der Waals surface area contributed by atoms with Crippen LogP contribution in [0.2, 0.25) is 0 Å². The van der Waals surface area contributed by atoms with Crippen LogP contribution in [0.15, 0.2) is 35.1 Å². The fourth-order valence-electron chi connectivity index (χ4n) is 2.16. The van der Waals surface area contributed by atoms with E-state index in [1.54, 1.807) is 30.8 Å². The van der Waals surface area contributed by atoms with E-state index in [2.05, 4.69) is 0 Å². The van der Waals surface area contributed by atoms with Crippen LogP contribution < -0.4 is 10.6 Å². The van der Waals surface area contributed by atoms with E-state index in [9.17, 15) is 13.2 Å². The van der Waals surface area contributed by atoms with Crippen LogP contribution >= 0.6 is 0 Å². The maximum Gasteiger partial charge on any atom is 0.297 e. The molecule has 0 unspecified atom stereocenters. The zero-order chi connectivity index (χ0) is 15.8. The smallest absolute Gasteiger partial charge is 0.283 e. The molecule has 0 fully saturated rings. The van der Waals surface area contributed by atoms with Gasteiger partial charge in [-0.1, -0.05) is 18.2 Å². The summed E-state index contributed by atoms with van der Waals surface area (Å²) in [6.45, 7) is 1.72. The molecule has 0 aliphatic carbocycles. The number of nitrogens with zero attached hydrogens (tertiary/aromatic N) is 3. The van der Waals surface area contributed by atoms with E-state index >= 15 is 0 Å². The molecule has 1 radical (unpaired) electrons. The van der Waals surface area contributed by atoms with Gasteiger partial charge in [0.1, 0.15) is 0 Å². The van der Waals surface area contributed by atoms with Crippen LogP contribution in [0.5, 0.6) is 0 Å². The van der Waals surface area contributed by atoms with Gasteiger partial charge in [0.25, 0.3) is 15.7 Å². The van der Waals surface area contributed by atoms with Crippen LogP contribution in [0, 0.1) is 6.92 Å². The number of anilines is 1. The third kappa shape index (κ3) is 3.82. The molecule has 7 nitrogen and oxygen atoms in total. The zero-order valence-electron chi connectivity index (χ0n) is 13.3. The van der Waals surface area contributed by atoms with Gasteiger partial charge in [-0.3, -0.25) is 9.48 Å². The molecule has 0 amide bonds. The molecule has 9 heteroatoms. The van der Waals surface area contributed by atoms with Crippen LogP contribution in [0.4, 0.5) is 5.69 Å². The summed E-state index contributed by atoms with van der Waals surface area (Å²) in [6.07, 6.45) is 0.928. The summed E-state index contributed by atoms with van der Waals surface area (Å²) in [5, 5.41) is 0.979. The summed E-state index contributed by atoms with van der Waals surface area (Å²) >= 11 is 0. The van der Waals surface area contributed by atoms with Crippen molar-refractivity contribution >= 4 is 45.4 Å². The van der Waals surface area contributed by atoms with Crippen molar-refractivity contribution in [2.24, 2.45) is 7.05 Å². The molecule has 22 heavy (non-hydrogen) atoms. The van der Waals surface area contributed by atoms with Gasteiger partial charge in [0.05, 0.1) is 17.6 Å². The molecule has 0 N–H and O–H groups in total. The number of rotatable bonds is 4. The topological polar surface area (TPSA) is 73.5 Å². The number of para-hydroxylation sites is 1. The van der Waals surface area contributed by atoms with E-state index in [-0.39, 0.29) is 40.8 Å². The second kappa shape index (κ2) is 7.01. The Morgan fingerprint density at radius 2 is 1.73 bits per heavy atom. The first-order valence-electron chi connectivity index (χ1n) is 6.19. The van der Waals surface area contributed by atoms with E-state index in [4.69, 9.17) is 4.28 Å². The van der Waals surface area contributed by atoms with Crippen molar-refractivity contribution in [1.29, 1.82) is 0 Å². The Labute approximate surface area is 151 Å². The third-order valence-electron chi connectivity index (χ3n) is 3.09. The van der Waals surface area contributed by atoms with Crippen molar-refractivity contribution in [3.8, 4) is 5.69 Å². The maximum absolute atomic E-state index is 12.6. The van der Waals surface area contributed by atoms with Crippen molar-refractivity contribution in [2.75, 3.05) is 18.4 Å². The van der Waals surface area contributed by atoms with Crippen LogP contribution in [0.25, 0.3) is 5.69 Å². The Hall–Kier alpha value is -1.06. The summed E-state index contributed by atoms with van der Waals surface area (Å²) in [6, 6.07) is 9.08. The van der Waals surface area contributed by atoms with Crippen LogP contribution in [-0.2, 0) is 21.4 Å². The van der Waals surface area contributed by atoms with Crippen molar-refractivity contribution in [3.63, 3.8) is 0 Å². The number of hydrogen-bond acceptors (Lipinski definition) is 5. The molecular weight excluding hydrogens is 317 g/mol. The van der Waals surface area contributed by atoms with E-state index in [1.165, 1.54) is 11.7 Å². The average molecular weight is 334 g/mol. The van der Waals surface area contributed by atoms with Gasteiger partial charge in [-0.2, -0.15) is 8.42 Å². The standard InChI is InChI=1S/C13H17N3O4S.Na/c1-10-12(15(3)20-21(4,18)19)13(17)16(14(10)2)11-8-6-5-7-9-11;/h5-9H,1-4H3;. The number of hydrogen-bond donors (Lipinski definition) is 0. The van der Waals surface area contributed by atoms with E-state index < -0.39 is 10.1 Å². The molecule has 2 rings (SSSR count). The van der Waals surface area contributed by atoms with Gasteiger partial charge in [0.15, 0.2) is 5.69 Å². The largest absolute Gasteiger partial charge is 0.297 e. The second-order valence-electron chi connectivity index (χ2n) is 4.69. The number of hydroxylamine groups is 1. The molecule has 1 aromatic heterocycles. The van der Waals surface area contributed by atoms with Gasteiger partial charge in [-0.25, -0.2) is 9.75 Å². The molecule has 0 aliphatic heterocycles. The van der Waals surface area contributed by atoms with Gasteiger partial charge in [-0.05, 0) is 19.1 Å². The van der Waals surface area contributed by atoms with Crippen molar-refractivity contribution in [2.45, 2.75) is 6.92 Å². The van der Waals surface area contributed by atoms with Crippen LogP contribution in [0.1, 0.15) is 5.69 Å². The minimum Gasteiger partial charge on any atom is -0.283 e. The molecule has 0 saturated heterocycles. The minimum absolute atomic E-state index is 0. The third-order valence-corrected chi connectivity index (χ3v) is 3.58. The molecule has 0 saturated carbocycles. The predicted octanol–water partition coefficient (Wildman–Crippen LogP) is 0.431. The SMILES string of the molecule is Cc1c(N(C)OS(C)(=O)=O)c(=O)n(-c2ccccc2)n1C.[Na]. The van der Waals surface area contributed by atoms with Crippen molar-refractivity contribution in [3.05, 3.63) is 46.4 Å². The summed E-state index contributed by atoms with van der Waals surface area (Å²) in [7, 11) is -0.592. The van der Waals surface area contributed by atoms with Gasteiger partial charge in [-0.15, -0.1) is 4.28 Å². The Kier molecular flexibility index (Phi) is 6.05. The first-order valence-corrected chi connectivity index (χ1v) is 8.01. The first-order chi connectivity index (χ1) is 9.72. The molecule has 0 atom stereocenters.